The van der Waals surface area contributed by atoms with E-state index in [2.05, 4.69) is 5.32 Å². The Balaban J connectivity index is 2.08. The number of carbonyl (C=O) groups is 1. The average Bonchev–Trinajstić information content (AvgIpc) is 2.59. The molecule has 0 fully saturated rings. The number of rotatable bonds is 5. The minimum atomic E-state index is -0.473. The molecule has 122 valence electrons. The van der Waals surface area contributed by atoms with E-state index >= 15 is 0 Å². The van der Waals surface area contributed by atoms with E-state index < -0.39 is 5.91 Å². The lowest BCUT2D eigenvalue weighted by molar-refractivity contribution is -0.117. The molecule has 0 radical (unpaired) electrons. The molecule has 2 aromatic rings. The highest BCUT2D eigenvalue weighted by atomic mass is 35.5. The van der Waals surface area contributed by atoms with Gasteiger partial charge in [0.1, 0.15) is 17.4 Å². The summed E-state index contributed by atoms with van der Waals surface area (Å²) in [6, 6.07) is 14.0. The molecule has 0 bridgehead atoms. The number of methoxy groups -OCH3 is 1. The Kier molecular flexibility index (Phi) is 6.25. The molecule has 0 unspecified atom stereocenters. The van der Waals surface area contributed by atoms with E-state index in [1.165, 1.54) is 6.08 Å². The van der Waals surface area contributed by atoms with Gasteiger partial charge in [-0.3, -0.25) is 4.79 Å². The van der Waals surface area contributed by atoms with Crippen LogP contribution in [0.5, 0.6) is 5.75 Å². The van der Waals surface area contributed by atoms with Crippen molar-refractivity contribution in [2.24, 2.45) is 0 Å². The van der Waals surface area contributed by atoms with Gasteiger partial charge in [0.15, 0.2) is 0 Å². The van der Waals surface area contributed by atoms with Crippen molar-refractivity contribution in [3.8, 4) is 11.8 Å². The van der Waals surface area contributed by atoms with Crippen molar-refractivity contribution >= 4 is 35.2 Å². The minimum Gasteiger partial charge on any atom is -0.497 e. The molecule has 4 nitrogen and oxygen atoms in total. The van der Waals surface area contributed by atoms with Crippen LogP contribution < -0.4 is 10.1 Å². The summed E-state index contributed by atoms with van der Waals surface area (Å²) in [7, 11) is 1.59. The number of nitrogens with one attached hydrogen (secondary N) is 1. The molecule has 0 atom stereocenters. The molecule has 1 amide bonds. The Morgan fingerprint density at radius 3 is 2.54 bits per heavy atom. The van der Waals surface area contributed by atoms with Crippen LogP contribution in [0, 0.1) is 11.3 Å². The molecule has 0 heterocycles. The second-order valence-corrected chi connectivity index (χ2v) is 5.71. The Bertz CT molecular complexity index is 809. The lowest BCUT2D eigenvalue weighted by Crippen LogP contribution is -2.23. The highest BCUT2D eigenvalue weighted by Crippen LogP contribution is 2.23. The fourth-order valence-electron chi connectivity index (χ4n) is 1.94. The third-order valence-electron chi connectivity index (χ3n) is 3.24. The first-order chi connectivity index (χ1) is 11.5. The SMILES string of the molecule is COc1ccc(CNC(=O)/C(C#N)=C\c2ccc(Cl)cc2Cl)cc1. The van der Waals surface area contributed by atoms with Crippen molar-refractivity contribution in [3.63, 3.8) is 0 Å². The number of carbonyl (C=O) groups excluding carboxylic acids is 1. The molecule has 1 N–H and O–H groups in total. The number of amides is 1. The van der Waals surface area contributed by atoms with E-state index in [0.717, 1.165) is 11.3 Å². The van der Waals surface area contributed by atoms with Gasteiger partial charge >= 0.3 is 0 Å². The second-order valence-electron chi connectivity index (χ2n) is 4.87. The molecule has 0 aliphatic carbocycles. The maximum Gasteiger partial charge on any atom is 0.262 e. The number of nitriles is 1. The second kappa shape index (κ2) is 8.39. The molecular formula is C18H14Cl2N2O2. The van der Waals surface area contributed by atoms with Crippen molar-refractivity contribution in [2.45, 2.75) is 6.54 Å². The van der Waals surface area contributed by atoms with Gasteiger partial charge in [0.25, 0.3) is 5.91 Å². The van der Waals surface area contributed by atoms with Crippen molar-refractivity contribution < 1.29 is 9.53 Å². The van der Waals surface area contributed by atoms with Crippen LogP contribution in [0.1, 0.15) is 11.1 Å². The van der Waals surface area contributed by atoms with Gasteiger partial charge in [0.2, 0.25) is 0 Å². The summed E-state index contributed by atoms with van der Waals surface area (Å²) in [4.78, 5) is 12.2. The molecule has 0 aliphatic rings. The van der Waals surface area contributed by atoms with Gasteiger partial charge in [0.05, 0.1) is 7.11 Å². The predicted octanol–water partition coefficient (Wildman–Crippen LogP) is 4.23. The van der Waals surface area contributed by atoms with Gasteiger partial charge in [0, 0.05) is 16.6 Å². The summed E-state index contributed by atoms with van der Waals surface area (Å²) in [5.74, 6) is 0.263. The Hall–Kier alpha value is -2.48. The highest BCUT2D eigenvalue weighted by Gasteiger charge is 2.10. The zero-order chi connectivity index (χ0) is 17.5. The lowest BCUT2D eigenvalue weighted by atomic mass is 10.1. The number of benzene rings is 2. The molecule has 2 aromatic carbocycles. The van der Waals surface area contributed by atoms with Gasteiger partial charge in [-0.2, -0.15) is 5.26 Å². The normalized spacial score (nSPS) is 10.8. The number of hydrogen-bond acceptors (Lipinski definition) is 3. The van der Waals surface area contributed by atoms with E-state index in [9.17, 15) is 10.1 Å². The fourth-order valence-corrected chi connectivity index (χ4v) is 2.41. The molecule has 0 aromatic heterocycles. The third kappa shape index (κ3) is 4.76. The summed E-state index contributed by atoms with van der Waals surface area (Å²) < 4.78 is 5.07. The van der Waals surface area contributed by atoms with E-state index in [4.69, 9.17) is 27.9 Å². The third-order valence-corrected chi connectivity index (χ3v) is 3.80. The lowest BCUT2D eigenvalue weighted by Gasteiger charge is -2.06. The van der Waals surface area contributed by atoms with Crippen LogP contribution in [0.4, 0.5) is 0 Å². The molecule has 24 heavy (non-hydrogen) atoms. The minimum absolute atomic E-state index is 0.0345. The van der Waals surface area contributed by atoms with Crippen molar-refractivity contribution in [2.75, 3.05) is 7.11 Å². The first-order valence-electron chi connectivity index (χ1n) is 7.01. The molecule has 6 heteroatoms. The van der Waals surface area contributed by atoms with Crippen molar-refractivity contribution in [1.29, 1.82) is 5.26 Å². The van der Waals surface area contributed by atoms with Gasteiger partial charge in [-0.1, -0.05) is 41.4 Å². The van der Waals surface area contributed by atoms with E-state index in [1.54, 1.807) is 37.4 Å². The van der Waals surface area contributed by atoms with Crippen molar-refractivity contribution in [3.05, 3.63) is 69.2 Å². The van der Waals surface area contributed by atoms with Crippen LogP contribution >= 0.6 is 23.2 Å². The summed E-state index contributed by atoms with van der Waals surface area (Å²) >= 11 is 11.9. The van der Waals surface area contributed by atoms with Crippen LogP contribution in [0.3, 0.4) is 0 Å². The van der Waals surface area contributed by atoms with E-state index in [-0.39, 0.29) is 5.57 Å². The molecule has 2 rings (SSSR count). The largest absolute Gasteiger partial charge is 0.497 e. The van der Waals surface area contributed by atoms with Crippen LogP contribution in [-0.2, 0) is 11.3 Å². The molecule has 0 aliphatic heterocycles. The maximum absolute atomic E-state index is 12.2. The Morgan fingerprint density at radius 2 is 1.96 bits per heavy atom. The van der Waals surface area contributed by atoms with Crippen LogP contribution in [-0.4, -0.2) is 13.0 Å². The predicted molar refractivity (Wildman–Crippen MR) is 94.9 cm³/mol. The monoisotopic (exact) mass is 360 g/mol. The number of nitrogens with zero attached hydrogens (tertiary/aromatic N) is 1. The average molecular weight is 361 g/mol. The van der Waals surface area contributed by atoms with Crippen LogP contribution in [0.25, 0.3) is 6.08 Å². The summed E-state index contributed by atoms with van der Waals surface area (Å²) in [5.41, 5.74) is 1.41. The van der Waals surface area contributed by atoms with Gasteiger partial charge in [-0.15, -0.1) is 0 Å². The first-order valence-corrected chi connectivity index (χ1v) is 7.77. The Morgan fingerprint density at radius 1 is 1.25 bits per heavy atom. The topological polar surface area (TPSA) is 62.1 Å². The first kappa shape index (κ1) is 17.9. The molecule has 0 saturated carbocycles. The van der Waals surface area contributed by atoms with Crippen LogP contribution in [0.15, 0.2) is 48.0 Å². The maximum atomic E-state index is 12.2. The summed E-state index contributed by atoms with van der Waals surface area (Å²) in [5, 5.41) is 12.8. The molecular weight excluding hydrogens is 347 g/mol. The summed E-state index contributed by atoms with van der Waals surface area (Å²) in [6.07, 6.45) is 1.43. The fraction of sp³-hybridized carbons (Fsp3) is 0.111. The zero-order valence-corrected chi connectivity index (χ0v) is 14.4. The Labute approximate surface area is 150 Å². The number of hydrogen-bond donors (Lipinski definition) is 1. The van der Waals surface area contributed by atoms with Crippen molar-refractivity contribution in [1.82, 2.24) is 5.32 Å². The highest BCUT2D eigenvalue weighted by molar-refractivity contribution is 6.35. The molecule has 0 saturated heterocycles. The van der Waals surface area contributed by atoms with E-state index in [0.29, 0.717) is 22.2 Å². The quantitative estimate of drug-likeness (QED) is 0.641. The van der Waals surface area contributed by atoms with Gasteiger partial charge < -0.3 is 10.1 Å². The number of halogens is 2. The van der Waals surface area contributed by atoms with Crippen LogP contribution in [0.2, 0.25) is 10.0 Å². The van der Waals surface area contributed by atoms with Gasteiger partial charge in [-0.25, -0.2) is 0 Å². The standard InChI is InChI=1S/C18H14Cl2N2O2/c1-24-16-6-2-12(3-7-16)11-22-18(23)14(10-21)8-13-4-5-15(19)9-17(13)20/h2-9H,11H2,1H3,(H,22,23)/b14-8-. The smallest absolute Gasteiger partial charge is 0.262 e. The van der Waals surface area contributed by atoms with Gasteiger partial charge in [-0.05, 0) is 41.5 Å². The zero-order valence-electron chi connectivity index (χ0n) is 12.8. The molecule has 0 spiro atoms. The van der Waals surface area contributed by atoms with E-state index in [1.807, 2.05) is 18.2 Å². The number of ether oxygens (including phenoxy) is 1. The summed E-state index contributed by atoms with van der Waals surface area (Å²) in [6.45, 7) is 0.302.